The Bertz CT molecular complexity index is 391. The zero-order chi connectivity index (χ0) is 12.3. The molecule has 5 nitrogen and oxygen atoms in total. The minimum absolute atomic E-state index is 0. The van der Waals surface area contributed by atoms with Crippen LogP contribution in [0.25, 0.3) is 0 Å². The van der Waals surface area contributed by atoms with Crippen molar-refractivity contribution >= 4 is 34.8 Å². The Balaban J connectivity index is 0.00000162. The fourth-order valence-electron chi connectivity index (χ4n) is 1.53. The predicted molar refractivity (Wildman–Crippen MR) is 74.7 cm³/mol. The number of anilines is 1. The van der Waals surface area contributed by atoms with Crippen LogP contribution in [0.1, 0.15) is 25.5 Å². The third kappa shape index (κ3) is 3.91. The van der Waals surface area contributed by atoms with Crippen LogP contribution in [0.5, 0.6) is 0 Å². The number of morpholine rings is 1. The Morgan fingerprint density at radius 1 is 1.67 bits per heavy atom. The van der Waals surface area contributed by atoms with Crippen molar-refractivity contribution in [2.75, 3.05) is 25.0 Å². The molecule has 2 rings (SSSR count). The second kappa shape index (κ2) is 7.04. The first kappa shape index (κ1) is 15.4. The van der Waals surface area contributed by atoms with Crippen LogP contribution in [-0.4, -0.2) is 36.7 Å². The van der Waals surface area contributed by atoms with Crippen molar-refractivity contribution in [1.82, 2.24) is 10.3 Å². The normalized spacial score (nSPS) is 19.4. The van der Waals surface area contributed by atoms with Gasteiger partial charge >= 0.3 is 0 Å². The van der Waals surface area contributed by atoms with Crippen molar-refractivity contribution in [2.24, 2.45) is 0 Å². The van der Waals surface area contributed by atoms with Gasteiger partial charge in [0.2, 0.25) is 0 Å². The average Bonchev–Trinajstić information content (AvgIpc) is 2.79. The van der Waals surface area contributed by atoms with E-state index in [0.717, 1.165) is 12.2 Å². The maximum Gasteiger partial charge on any atom is 0.256 e. The molecule has 1 fully saturated rings. The molecule has 0 bridgehead atoms. The van der Waals surface area contributed by atoms with Crippen LogP contribution in [0.4, 0.5) is 5.13 Å². The number of hydrogen-bond acceptors (Lipinski definition) is 5. The number of carbonyl (C=O) groups excluding carboxylic acids is 1. The molecule has 1 amide bonds. The quantitative estimate of drug-likeness (QED) is 0.888. The Labute approximate surface area is 117 Å². The Morgan fingerprint density at radius 2 is 2.44 bits per heavy atom. The highest BCUT2D eigenvalue weighted by Gasteiger charge is 2.22. The van der Waals surface area contributed by atoms with Crippen molar-refractivity contribution in [3.63, 3.8) is 0 Å². The van der Waals surface area contributed by atoms with E-state index < -0.39 is 6.10 Å². The number of amides is 1. The molecule has 1 aliphatic heterocycles. The first-order chi connectivity index (χ1) is 8.16. The average molecular weight is 292 g/mol. The van der Waals surface area contributed by atoms with Gasteiger partial charge < -0.3 is 10.1 Å². The number of aromatic nitrogens is 1. The number of ether oxygens (including phenoxy) is 1. The predicted octanol–water partition coefficient (Wildman–Crippen LogP) is 1.62. The van der Waals surface area contributed by atoms with Crippen LogP contribution in [0.15, 0.2) is 5.38 Å². The van der Waals surface area contributed by atoms with Crippen LogP contribution < -0.4 is 10.6 Å². The summed E-state index contributed by atoms with van der Waals surface area (Å²) in [6.07, 6.45) is -0.407. The molecule has 1 atom stereocenters. The number of carbonyl (C=O) groups is 1. The number of nitrogens with zero attached hydrogens (tertiary/aromatic N) is 1. The monoisotopic (exact) mass is 291 g/mol. The summed E-state index contributed by atoms with van der Waals surface area (Å²) in [5, 5.41) is 8.53. The van der Waals surface area contributed by atoms with Crippen molar-refractivity contribution in [2.45, 2.75) is 25.9 Å². The first-order valence-corrected chi connectivity index (χ1v) is 6.63. The van der Waals surface area contributed by atoms with Gasteiger partial charge in [0.05, 0.1) is 12.3 Å². The van der Waals surface area contributed by atoms with E-state index in [9.17, 15) is 4.79 Å². The number of hydrogen-bond donors (Lipinski definition) is 2. The summed E-state index contributed by atoms with van der Waals surface area (Å²) in [4.78, 5) is 16.2. The van der Waals surface area contributed by atoms with Crippen molar-refractivity contribution < 1.29 is 9.53 Å². The van der Waals surface area contributed by atoms with Crippen molar-refractivity contribution in [3.05, 3.63) is 11.1 Å². The summed E-state index contributed by atoms with van der Waals surface area (Å²) in [5.41, 5.74) is 1.01. The first-order valence-electron chi connectivity index (χ1n) is 5.75. The molecule has 0 aromatic carbocycles. The van der Waals surface area contributed by atoms with Crippen LogP contribution in [0, 0.1) is 0 Å². The number of thiazole rings is 1. The lowest BCUT2D eigenvalue weighted by Gasteiger charge is -2.22. The van der Waals surface area contributed by atoms with Crippen LogP contribution in [0.2, 0.25) is 0 Å². The van der Waals surface area contributed by atoms with Gasteiger partial charge in [0.15, 0.2) is 5.13 Å². The molecule has 0 unspecified atom stereocenters. The molecule has 7 heteroatoms. The standard InChI is InChI=1S/C11H17N3O2S.ClH/c1-7(2)8-6-17-11(13-8)14-10(15)9-5-12-3-4-16-9;/h6-7,9,12H,3-5H2,1-2H3,(H,13,14,15);1H/t9-;/m1./s1. The SMILES string of the molecule is CC(C)c1csc(NC(=O)[C@H]2CNCCO2)n1.Cl. The van der Waals surface area contributed by atoms with E-state index in [2.05, 4.69) is 29.5 Å². The van der Waals surface area contributed by atoms with Gasteiger partial charge in [-0.25, -0.2) is 4.98 Å². The molecule has 1 aliphatic rings. The zero-order valence-corrected chi connectivity index (χ0v) is 12.1. The molecule has 1 aromatic heterocycles. The molecule has 0 spiro atoms. The summed E-state index contributed by atoms with van der Waals surface area (Å²) in [6, 6.07) is 0. The maximum atomic E-state index is 11.8. The lowest BCUT2D eigenvalue weighted by molar-refractivity contribution is -0.128. The largest absolute Gasteiger partial charge is 0.366 e. The summed E-state index contributed by atoms with van der Waals surface area (Å²) in [7, 11) is 0. The molecule has 0 aliphatic carbocycles. The van der Waals surface area contributed by atoms with Crippen LogP contribution in [0.3, 0.4) is 0 Å². The Morgan fingerprint density at radius 3 is 3.00 bits per heavy atom. The second-order valence-corrected chi connectivity index (χ2v) is 5.14. The van der Waals surface area contributed by atoms with Crippen LogP contribution >= 0.6 is 23.7 Å². The van der Waals surface area contributed by atoms with Crippen molar-refractivity contribution in [3.8, 4) is 0 Å². The zero-order valence-electron chi connectivity index (χ0n) is 10.4. The van der Waals surface area contributed by atoms with Gasteiger partial charge in [-0.2, -0.15) is 0 Å². The number of nitrogens with one attached hydrogen (secondary N) is 2. The molecule has 1 saturated heterocycles. The van der Waals surface area contributed by atoms with Gasteiger partial charge in [-0.1, -0.05) is 13.8 Å². The molecule has 0 saturated carbocycles. The Kier molecular flexibility index (Phi) is 6.01. The maximum absolute atomic E-state index is 11.8. The fourth-order valence-corrected chi connectivity index (χ4v) is 2.40. The minimum Gasteiger partial charge on any atom is -0.366 e. The van der Waals surface area contributed by atoms with Crippen molar-refractivity contribution in [1.29, 1.82) is 0 Å². The van der Waals surface area contributed by atoms with Crippen LogP contribution in [-0.2, 0) is 9.53 Å². The molecular weight excluding hydrogens is 274 g/mol. The van der Waals surface area contributed by atoms with E-state index in [4.69, 9.17) is 4.74 Å². The van der Waals surface area contributed by atoms with E-state index in [1.807, 2.05) is 5.38 Å². The second-order valence-electron chi connectivity index (χ2n) is 4.29. The van der Waals surface area contributed by atoms with E-state index in [1.54, 1.807) is 0 Å². The van der Waals surface area contributed by atoms with Gasteiger partial charge in [0, 0.05) is 18.5 Å². The van der Waals surface area contributed by atoms with Gasteiger partial charge in [-0.05, 0) is 5.92 Å². The van der Waals surface area contributed by atoms with E-state index in [0.29, 0.717) is 24.2 Å². The lowest BCUT2D eigenvalue weighted by Crippen LogP contribution is -2.45. The van der Waals surface area contributed by atoms with Gasteiger partial charge in [0.1, 0.15) is 6.10 Å². The minimum atomic E-state index is -0.407. The topological polar surface area (TPSA) is 63.2 Å². The van der Waals surface area contributed by atoms with E-state index >= 15 is 0 Å². The molecule has 102 valence electrons. The summed E-state index contributed by atoms with van der Waals surface area (Å²) >= 11 is 1.45. The molecule has 0 radical (unpaired) electrons. The molecular formula is C11H18ClN3O2S. The highest BCUT2D eigenvalue weighted by molar-refractivity contribution is 7.13. The smallest absolute Gasteiger partial charge is 0.256 e. The van der Waals surface area contributed by atoms with Gasteiger partial charge in [0.25, 0.3) is 5.91 Å². The third-order valence-corrected chi connectivity index (χ3v) is 3.34. The van der Waals surface area contributed by atoms with E-state index in [1.165, 1.54) is 11.3 Å². The molecule has 1 aromatic rings. The molecule has 2 N–H and O–H groups in total. The van der Waals surface area contributed by atoms with Gasteiger partial charge in [-0.3, -0.25) is 10.1 Å². The highest BCUT2D eigenvalue weighted by atomic mass is 35.5. The summed E-state index contributed by atoms with van der Waals surface area (Å²) in [5.74, 6) is 0.256. The van der Waals surface area contributed by atoms with E-state index in [-0.39, 0.29) is 18.3 Å². The molecule has 2 heterocycles. The Hall–Kier alpha value is -0.690. The fraction of sp³-hybridized carbons (Fsp3) is 0.636. The lowest BCUT2D eigenvalue weighted by atomic mass is 10.2. The third-order valence-electron chi connectivity index (χ3n) is 2.56. The summed E-state index contributed by atoms with van der Waals surface area (Å²) < 4.78 is 5.37. The number of halogens is 1. The molecule has 18 heavy (non-hydrogen) atoms. The number of rotatable bonds is 3. The summed E-state index contributed by atoms with van der Waals surface area (Å²) in [6.45, 7) is 6.10. The van der Waals surface area contributed by atoms with Gasteiger partial charge in [-0.15, -0.1) is 23.7 Å². The highest BCUT2D eigenvalue weighted by Crippen LogP contribution is 2.21.